The summed E-state index contributed by atoms with van der Waals surface area (Å²) < 4.78 is 11.8. The highest BCUT2D eigenvalue weighted by Crippen LogP contribution is 2.37. The summed E-state index contributed by atoms with van der Waals surface area (Å²) in [5.74, 6) is -0.702. The standard InChI is InChI=1S/C26H15Cl2NO4S/c1-14-6-8-15(9-7-14)24-29-19(25(30)33-24)12-16-4-2-3-5-20(16)32-26(31)23-22(28)18-11-10-17(27)13-21(18)34-23/h2-13H,1H3/b19-12+. The second-order valence-electron chi connectivity index (χ2n) is 7.52. The van der Waals surface area contributed by atoms with Crippen LogP contribution in [0.15, 0.2) is 77.4 Å². The van der Waals surface area contributed by atoms with Crippen LogP contribution in [0.1, 0.15) is 26.4 Å². The maximum atomic E-state index is 12.9. The molecule has 1 aliphatic heterocycles. The zero-order valence-electron chi connectivity index (χ0n) is 17.7. The van der Waals surface area contributed by atoms with Crippen molar-refractivity contribution in [2.75, 3.05) is 0 Å². The normalized spacial score (nSPS) is 14.4. The largest absolute Gasteiger partial charge is 0.422 e. The molecule has 0 unspecified atom stereocenters. The first-order valence-corrected chi connectivity index (χ1v) is 11.7. The van der Waals surface area contributed by atoms with E-state index < -0.39 is 11.9 Å². The smallest absolute Gasteiger partial charge is 0.363 e. The van der Waals surface area contributed by atoms with Crippen LogP contribution in [0, 0.1) is 6.92 Å². The van der Waals surface area contributed by atoms with Gasteiger partial charge in [0, 0.05) is 26.2 Å². The van der Waals surface area contributed by atoms with Crippen LogP contribution < -0.4 is 4.74 Å². The lowest BCUT2D eigenvalue weighted by atomic mass is 10.1. The molecular formula is C26H15Cl2NO4S. The molecule has 2 heterocycles. The summed E-state index contributed by atoms with van der Waals surface area (Å²) in [5.41, 5.74) is 2.38. The summed E-state index contributed by atoms with van der Waals surface area (Å²) >= 11 is 13.7. The Kier molecular flexibility index (Phi) is 5.96. The number of carbonyl (C=O) groups is 2. The number of benzene rings is 3. The van der Waals surface area contributed by atoms with E-state index in [1.54, 1.807) is 42.5 Å². The molecule has 8 heteroatoms. The maximum Gasteiger partial charge on any atom is 0.363 e. The van der Waals surface area contributed by atoms with Crippen LogP contribution in [-0.2, 0) is 9.53 Å². The zero-order valence-corrected chi connectivity index (χ0v) is 20.0. The molecule has 34 heavy (non-hydrogen) atoms. The number of nitrogens with zero attached hydrogens (tertiary/aromatic N) is 1. The van der Waals surface area contributed by atoms with Gasteiger partial charge in [0.2, 0.25) is 5.90 Å². The third kappa shape index (κ3) is 4.35. The highest BCUT2D eigenvalue weighted by atomic mass is 35.5. The van der Waals surface area contributed by atoms with Crippen LogP contribution in [0.2, 0.25) is 10.0 Å². The lowest BCUT2D eigenvalue weighted by molar-refractivity contribution is -0.129. The van der Waals surface area contributed by atoms with E-state index in [2.05, 4.69) is 4.99 Å². The summed E-state index contributed by atoms with van der Waals surface area (Å²) in [5, 5.41) is 1.59. The van der Waals surface area contributed by atoms with E-state index in [1.165, 1.54) is 17.4 Å². The Balaban J connectivity index is 1.44. The topological polar surface area (TPSA) is 65.0 Å². The van der Waals surface area contributed by atoms with Crippen molar-refractivity contribution in [2.45, 2.75) is 6.92 Å². The number of thiophene rings is 1. The fraction of sp³-hybridized carbons (Fsp3) is 0.0385. The Morgan fingerprint density at radius 3 is 2.62 bits per heavy atom. The summed E-state index contributed by atoms with van der Waals surface area (Å²) in [7, 11) is 0. The lowest BCUT2D eigenvalue weighted by Gasteiger charge is -2.07. The predicted molar refractivity (Wildman–Crippen MR) is 135 cm³/mol. The number of halogens is 2. The Morgan fingerprint density at radius 1 is 1.06 bits per heavy atom. The fourth-order valence-electron chi connectivity index (χ4n) is 3.39. The molecule has 4 aromatic rings. The van der Waals surface area contributed by atoms with Crippen LogP contribution >= 0.6 is 34.5 Å². The Labute approximate surface area is 208 Å². The van der Waals surface area contributed by atoms with E-state index in [4.69, 9.17) is 32.7 Å². The number of hydrogen-bond acceptors (Lipinski definition) is 6. The molecule has 1 aliphatic rings. The lowest BCUT2D eigenvalue weighted by Crippen LogP contribution is -2.08. The van der Waals surface area contributed by atoms with Crippen LogP contribution in [-0.4, -0.2) is 17.8 Å². The maximum absolute atomic E-state index is 12.9. The van der Waals surface area contributed by atoms with Gasteiger partial charge in [-0.25, -0.2) is 14.6 Å². The van der Waals surface area contributed by atoms with Gasteiger partial charge in [-0.15, -0.1) is 11.3 Å². The number of aryl methyl sites for hydroxylation is 1. The van der Waals surface area contributed by atoms with Gasteiger partial charge >= 0.3 is 11.9 Å². The second kappa shape index (κ2) is 9.06. The van der Waals surface area contributed by atoms with Gasteiger partial charge in [0.15, 0.2) is 5.70 Å². The van der Waals surface area contributed by atoms with Crippen LogP contribution in [0.25, 0.3) is 16.2 Å². The average molecular weight is 508 g/mol. The Bertz CT molecular complexity index is 1520. The quantitative estimate of drug-likeness (QED) is 0.168. The van der Waals surface area contributed by atoms with E-state index in [9.17, 15) is 9.59 Å². The molecule has 5 rings (SSSR count). The number of para-hydroxylation sites is 1. The zero-order chi connectivity index (χ0) is 23.8. The molecule has 168 valence electrons. The van der Waals surface area contributed by atoms with Crippen molar-refractivity contribution in [3.8, 4) is 5.75 Å². The molecule has 0 amide bonds. The van der Waals surface area contributed by atoms with E-state index in [0.29, 0.717) is 21.2 Å². The van der Waals surface area contributed by atoms with Crippen LogP contribution in [0.5, 0.6) is 5.75 Å². The van der Waals surface area contributed by atoms with Crippen molar-refractivity contribution in [1.29, 1.82) is 0 Å². The van der Waals surface area contributed by atoms with Gasteiger partial charge in [0.1, 0.15) is 10.6 Å². The summed E-state index contributed by atoms with van der Waals surface area (Å²) in [6.45, 7) is 1.97. The van der Waals surface area contributed by atoms with Gasteiger partial charge in [-0.3, -0.25) is 0 Å². The molecule has 0 bridgehead atoms. The Hall–Kier alpha value is -3.45. The second-order valence-corrected chi connectivity index (χ2v) is 9.38. The molecule has 0 atom stereocenters. The molecule has 3 aromatic carbocycles. The first kappa shape index (κ1) is 22.3. The minimum Gasteiger partial charge on any atom is -0.422 e. The molecule has 0 saturated carbocycles. The SMILES string of the molecule is Cc1ccc(C2=N/C(=C/c3ccccc3OC(=O)c3sc4cc(Cl)ccc4c3Cl)C(=O)O2)cc1. The van der Waals surface area contributed by atoms with E-state index in [-0.39, 0.29) is 22.2 Å². The van der Waals surface area contributed by atoms with Crippen molar-refractivity contribution in [3.63, 3.8) is 0 Å². The van der Waals surface area contributed by atoms with Crippen LogP contribution in [0.3, 0.4) is 0 Å². The minimum absolute atomic E-state index is 0.105. The van der Waals surface area contributed by atoms with E-state index in [1.807, 2.05) is 31.2 Å². The van der Waals surface area contributed by atoms with Gasteiger partial charge in [0.25, 0.3) is 0 Å². The summed E-state index contributed by atoms with van der Waals surface area (Å²) in [6, 6.07) is 19.6. The van der Waals surface area contributed by atoms with Crippen molar-refractivity contribution in [3.05, 3.63) is 104 Å². The highest BCUT2D eigenvalue weighted by Gasteiger charge is 2.25. The van der Waals surface area contributed by atoms with E-state index >= 15 is 0 Å². The van der Waals surface area contributed by atoms with Crippen molar-refractivity contribution in [2.24, 2.45) is 4.99 Å². The first-order valence-electron chi connectivity index (χ1n) is 10.2. The number of rotatable bonds is 4. The van der Waals surface area contributed by atoms with Gasteiger partial charge < -0.3 is 9.47 Å². The molecular weight excluding hydrogens is 493 g/mol. The van der Waals surface area contributed by atoms with Crippen molar-refractivity contribution >= 4 is 68.5 Å². The number of esters is 2. The molecule has 1 aromatic heterocycles. The third-order valence-electron chi connectivity index (χ3n) is 5.11. The van der Waals surface area contributed by atoms with Gasteiger partial charge in [0.05, 0.1) is 5.02 Å². The van der Waals surface area contributed by atoms with Crippen LogP contribution in [0.4, 0.5) is 0 Å². The molecule has 0 spiro atoms. The number of fused-ring (bicyclic) bond motifs is 1. The van der Waals surface area contributed by atoms with E-state index in [0.717, 1.165) is 15.6 Å². The molecule has 0 aliphatic carbocycles. The number of carbonyl (C=O) groups excluding carboxylic acids is 2. The fourth-order valence-corrected chi connectivity index (χ4v) is 5.05. The predicted octanol–water partition coefficient (Wildman–Crippen LogP) is 7.08. The van der Waals surface area contributed by atoms with Gasteiger partial charge in [-0.1, -0.05) is 65.2 Å². The molecule has 0 fully saturated rings. The number of aliphatic imine (C=N–C) groups is 1. The van der Waals surface area contributed by atoms with Gasteiger partial charge in [-0.05, 0) is 43.3 Å². The number of ether oxygens (including phenoxy) is 2. The Morgan fingerprint density at radius 2 is 1.82 bits per heavy atom. The monoisotopic (exact) mass is 507 g/mol. The highest BCUT2D eigenvalue weighted by molar-refractivity contribution is 7.21. The van der Waals surface area contributed by atoms with Gasteiger partial charge in [-0.2, -0.15) is 0 Å². The summed E-state index contributed by atoms with van der Waals surface area (Å²) in [4.78, 5) is 29.9. The minimum atomic E-state index is -0.606. The average Bonchev–Trinajstić information content (AvgIpc) is 3.35. The first-order chi connectivity index (χ1) is 16.4. The molecule has 0 saturated heterocycles. The van der Waals surface area contributed by atoms with Crippen molar-refractivity contribution in [1.82, 2.24) is 0 Å². The van der Waals surface area contributed by atoms with Crippen molar-refractivity contribution < 1.29 is 19.1 Å². The molecule has 0 N–H and O–H groups in total. The number of hydrogen-bond donors (Lipinski definition) is 0. The molecule has 0 radical (unpaired) electrons. The molecule has 5 nitrogen and oxygen atoms in total. The third-order valence-corrected chi connectivity index (χ3v) is 6.98. The number of cyclic esters (lactones) is 1. The summed E-state index contributed by atoms with van der Waals surface area (Å²) in [6.07, 6.45) is 1.53.